The molecule has 2 aromatic rings. The van der Waals surface area contributed by atoms with E-state index in [1.807, 2.05) is 0 Å². The quantitative estimate of drug-likeness (QED) is 0.837. The lowest BCUT2D eigenvalue weighted by molar-refractivity contribution is -0.120. The Labute approximate surface area is 175 Å². The van der Waals surface area contributed by atoms with Gasteiger partial charge in [0.1, 0.15) is 17.3 Å². The molecule has 3 rings (SSSR count). The summed E-state index contributed by atoms with van der Waals surface area (Å²) in [6, 6.07) is 10.7. The van der Waals surface area contributed by atoms with Crippen LogP contribution in [0.3, 0.4) is 0 Å². The Hall–Kier alpha value is -3.09. The predicted molar refractivity (Wildman–Crippen MR) is 112 cm³/mol. The number of nitrogens with one attached hydrogen (secondary N) is 1. The number of halogens is 1. The van der Waals surface area contributed by atoms with E-state index >= 15 is 0 Å². The number of hydrogen-bond acceptors (Lipinski definition) is 4. The first-order chi connectivity index (χ1) is 14.4. The number of benzene rings is 1. The van der Waals surface area contributed by atoms with Crippen molar-refractivity contribution in [3.63, 3.8) is 0 Å². The Morgan fingerprint density at radius 3 is 2.70 bits per heavy atom. The molecule has 0 aliphatic carbocycles. The normalized spacial score (nSPS) is 18.6. The van der Waals surface area contributed by atoms with E-state index in [0.717, 1.165) is 5.69 Å². The standard InChI is InChI=1S/C23H26FN3O3/c1-16-6-4-10-21(25-16)23(30)26-18-11-12-22(29)27(13-3-2-9-20(28)15-18)19-8-5-7-17(24)14-19/h4-8,10,14,18H,2-3,9,11-13,15H2,1H3,(H,26,30). The highest BCUT2D eigenvalue weighted by atomic mass is 19.1. The first-order valence-corrected chi connectivity index (χ1v) is 10.2. The smallest absolute Gasteiger partial charge is 0.270 e. The Kier molecular flexibility index (Phi) is 7.27. The van der Waals surface area contributed by atoms with Crippen molar-refractivity contribution in [1.82, 2.24) is 10.3 Å². The van der Waals surface area contributed by atoms with Crippen molar-refractivity contribution in [2.45, 2.75) is 51.5 Å². The molecule has 0 spiro atoms. The first kappa shape index (κ1) is 21.6. The summed E-state index contributed by atoms with van der Waals surface area (Å²) in [5.74, 6) is -0.853. The average Bonchev–Trinajstić information content (AvgIpc) is 2.74. The maximum atomic E-state index is 13.7. The van der Waals surface area contributed by atoms with Crippen LogP contribution in [0.1, 0.15) is 54.7 Å². The maximum Gasteiger partial charge on any atom is 0.270 e. The number of aromatic nitrogens is 1. The summed E-state index contributed by atoms with van der Waals surface area (Å²) in [5, 5.41) is 2.86. The highest BCUT2D eigenvalue weighted by molar-refractivity contribution is 5.94. The molecular formula is C23H26FN3O3. The third-order valence-electron chi connectivity index (χ3n) is 5.15. The highest BCUT2D eigenvalue weighted by Crippen LogP contribution is 2.20. The van der Waals surface area contributed by atoms with Gasteiger partial charge in [-0.3, -0.25) is 14.4 Å². The number of rotatable bonds is 3. The Morgan fingerprint density at radius 2 is 1.93 bits per heavy atom. The van der Waals surface area contributed by atoms with Gasteiger partial charge in [0.15, 0.2) is 0 Å². The van der Waals surface area contributed by atoms with Gasteiger partial charge in [0.25, 0.3) is 5.91 Å². The van der Waals surface area contributed by atoms with E-state index in [0.29, 0.717) is 37.9 Å². The Bertz CT molecular complexity index is 931. The van der Waals surface area contributed by atoms with E-state index < -0.39 is 11.9 Å². The van der Waals surface area contributed by atoms with Crippen LogP contribution in [0.5, 0.6) is 0 Å². The van der Waals surface area contributed by atoms with Gasteiger partial charge in [-0.25, -0.2) is 9.37 Å². The number of anilines is 1. The Balaban J connectivity index is 1.73. The fourth-order valence-corrected chi connectivity index (χ4v) is 3.60. The van der Waals surface area contributed by atoms with Crippen LogP contribution in [-0.2, 0) is 9.59 Å². The van der Waals surface area contributed by atoms with Gasteiger partial charge in [-0.2, -0.15) is 0 Å². The van der Waals surface area contributed by atoms with Crippen LogP contribution < -0.4 is 10.2 Å². The van der Waals surface area contributed by atoms with Crippen molar-refractivity contribution >= 4 is 23.3 Å². The number of ketones is 1. The molecule has 0 radical (unpaired) electrons. The Morgan fingerprint density at radius 1 is 1.13 bits per heavy atom. The number of carbonyl (C=O) groups is 3. The summed E-state index contributed by atoms with van der Waals surface area (Å²) in [6.07, 6.45) is 2.34. The van der Waals surface area contributed by atoms with Crippen LogP contribution in [0.25, 0.3) is 0 Å². The van der Waals surface area contributed by atoms with Gasteiger partial charge < -0.3 is 10.2 Å². The van der Waals surface area contributed by atoms with E-state index in [2.05, 4.69) is 10.3 Å². The van der Waals surface area contributed by atoms with Gasteiger partial charge in [0.2, 0.25) is 5.91 Å². The minimum atomic E-state index is -0.455. The van der Waals surface area contributed by atoms with Crippen molar-refractivity contribution in [3.05, 3.63) is 59.7 Å². The number of pyridine rings is 1. The van der Waals surface area contributed by atoms with Crippen LogP contribution in [0, 0.1) is 12.7 Å². The molecule has 1 saturated heterocycles. The number of Topliss-reactive ketones (excluding diaryl/α,β-unsaturated/α-hetero) is 1. The van der Waals surface area contributed by atoms with Crippen molar-refractivity contribution in [2.24, 2.45) is 0 Å². The molecule has 1 aromatic carbocycles. The van der Waals surface area contributed by atoms with E-state index in [9.17, 15) is 18.8 Å². The second-order valence-electron chi connectivity index (χ2n) is 7.60. The van der Waals surface area contributed by atoms with Crippen LogP contribution in [0.15, 0.2) is 42.5 Å². The van der Waals surface area contributed by atoms with Gasteiger partial charge in [0.05, 0.1) is 0 Å². The van der Waals surface area contributed by atoms with Crippen LogP contribution >= 0.6 is 0 Å². The largest absolute Gasteiger partial charge is 0.348 e. The monoisotopic (exact) mass is 411 g/mol. The molecule has 1 unspecified atom stereocenters. The summed E-state index contributed by atoms with van der Waals surface area (Å²) in [4.78, 5) is 43.6. The van der Waals surface area contributed by atoms with Crippen molar-refractivity contribution < 1.29 is 18.8 Å². The molecule has 7 heteroatoms. The zero-order chi connectivity index (χ0) is 21.5. The topological polar surface area (TPSA) is 79.4 Å². The molecule has 6 nitrogen and oxygen atoms in total. The molecular weight excluding hydrogens is 385 g/mol. The lowest BCUT2D eigenvalue weighted by atomic mass is 10.0. The molecule has 1 atom stereocenters. The zero-order valence-corrected chi connectivity index (χ0v) is 17.1. The number of aryl methyl sites for hydroxylation is 1. The fourth-order valence-electron chi connectivity index (χ4n) is 3.60. The molecule has 1 N–H and O–H groups in total. The SMILES string of the molecule is Cc1cccc(C(=O)NC2CCC(=O)N(c3cccc(F)c3)CCCCC(=O)C2)n1. The molecule has 1 aliphatic heterocycles. The molecule has 1 aromatic heterocycles. The van der Waals surface area contributed by atoms with Crippen molar-refractivity contribution in [3.8, 4) is 0 Å². The number of hydrogen-bond donors (Lipinski definition) is 1. The van der Waals surface area contributed by atoms with Crippen LogP contribution in [0.4, 0.5) is 10.1 Å². The second-order valence-corrected chi connectivity index (χ2v) is 7.60. The lowest BCUT2D eigenvalue weighted by Gasteiger charge is -2.24. The molecule has 158 valence electrons. The first-order valence-electron chi connectivity index (χ1n) is 10.2. The molecule has 0 bridgehead atoms. The fraction of sp³-hybridized carbons (Fsp3) is 0.391. The summed E-state index contributed by atoms with van der Waals surface area (Å²) in [6.45, 7) is 2.23. The minimum Gasteiger partial charge on any atom is -0.348 e. The summed E-state index contributed by atoms with van der Waals surface area (Å²) < 4.78 is 13.7. The van der Waals surface area contributed by atoms with Crippen LogP contribution in [-0.4, -0.2) is 35.2 Å². The third kappa shape index (κ3) is 5.95. The number of nitrogens with zero attached hydrogens (tertiary/aromatic N) is 2. The lowest BCUT2D eigenvalue weighted by Crippen LogP contribution is -2.38. The van der Waals surface area contributed by atoms with Gasteiger partial charge in [0, 0.05) is 43.2 Å². The van der Waals surface area contributed by atoms with Gasteiger partial charge in [-0.1, -0.05) is 12.1 Å². The van der Waals surface area contributed by atoms with E-state index in [4.69, 9.17) is 0 Å². The second kappa shape index (κ2) is 10.1. The van der Waals surface area contributed by atoms with Crippen LogP contribution in [0.2, 0.25) is 0 Å². The van der Waals surface area contributed by atoms with E-state index in [-0.39, 0.29) is 36.1 Å². The molecule has 30 heavy (non-hydrogen) atoms. The third-order valence-corrected chi connectivity index (χ3v) is 5.15. The summed E-state index contributed by atoms with van der Waals surface area (Å²) in [5.41, 5.74) is 1.52. The molecule has 0 saturated carbocycles. The minimum absolute atomic E-state index is 0.0594. The van der Waals surface area contributed by atoms with Gasteiger partial charge >= 0.3 is 0 Å². The maximum absolute atomic E-state index is 13.7. The summed E-state index contributed by atoms with van der Waals surface area (Å²) >= 11 is 0. The van der Waals surface area contributed by atoms with Crippen molar-refractivity contribution in [1.29, 1.82) is 0 Å². The zero-order valence-electron chi connectivity index (χ0n) is 17.1. The predicted octanol–water partition coefficient (Wildman–Crippen LogP) is 3.58. The highest BCUT2D eigenvalue weighted by Gasteiger charge is 2.23. The summed E-state index contributed by atoms with van der Waals surface area (Å²) in [7, 11) is 0. The molecule has 2 amide bonds. The van der Waals surface area contributed by atoms with E-state index in [1.165, 1.54) is 12.1 Å². The molecule has 2 heterocycles. The average molecular weight is 411 g/mol. The molecule has 1 aliphatic rings. The molecule has 1 fully saturated rings. The van der Waals surface area contributed by atoms with Crippen molar-refractivity contribution in [2.75, 3.05) is 11.4 Å². The van der Waals surface area contributed by atoms with E-state index in [1.54, 1.807) is 42.2 Å². The number of carbonyl (C=O) groups excluding carboxylic acids is 3. The van der Waals surface area contributed by atoms with Gasteiger partial charge in [-0.05, 0) is 56.5 Å². The number of amides is 2. The van der Waals surface area contributed by atoms with Gasteiger partial charge in [-0.15, -0.1) is 0 Å².